The standard InChI is InChI=1S/C9H10N2O3.C4H7NO/c1-2-14-6-4-7-3-5-10-11-8(7)9(12)13;5-4(6)3-1-2-3/h3-6H,2H2,1H3,(H,12,13);3H,1-2H2,(H2,5,6). The van der Waals surface area contributed by atoms with E-state index in [0.29, 0.717) is 12.2 Å². The summed E-state index contributed by atoms with van der Waals surface area (Å²) < 4.78 is 4.95. The van der Waals surface area contributed by atoms with E-state index in [-0.39, 0.29) is 17.5 Å². The molecule has 0 radical (unpaired) electrons. The highest BCUT2D eigenvalue weighted by Gasteiger charge is 2.26. The molecule has 1 fully saturated rings. The van der Waals surface area contributed by atoms with Crippen molar-refractivity contribution in [2.24, 2.45) is 11.7 Å². The van der Waals surface area contributed by atoms with Crippen molar-refractivity contribution in [2.75, 3.05) is 6.61 Å². The number of amides is 1. The van der Waals surface area contributed by atoms with Gasteiger partial charge in [0.2, 0.25) is 5.91 Å². The molecular formula is C13H17N3O4. The Morgan fingerprint density at radius 1 is 1.55 bits per heavy atom. The van der Waals surface area contributed by atoms with E-state index in [4.69, 9.17) is 15.6 Å². The van der Waals surface area contributed by atoms with Crippen molar-refractivity contribution in [3.8, 4) is 0 Å². The fourth-order valence-corrected chi connectivity index (χ4v) is 1.23. The maximum absolute atomic E-state index is 10.7. The molecule has 7 heteroatoms. The number of carboxylic acids is 1. The number of hydrogen-bond donors (Lipinski definition) is 2. The summed E-state index contributed by atoms with van der Waals surface area (Å²) in [6.45, 7) is 2.38. The summed E-state index contributed by atoms with van der Waals surface area (Å²) in [6, 6.07) is 1.56. The molecule has 1 heterocycles. The van der Waals surface area contributed by atoms with Crippen LogP contribution in [0.25, 0.3) is 6.08 Å². The van der Waals surface area contributed by atoms with Gasteiger partial charge >= 0.3 is 5.97 Å². The molecule has 108 valence electrons. The number of carboxylic acid groups (broad SMARTS) is 1. The van der Waals surface area contributed by atoms with Crippen LogP contribution < -0.4 is 5.73 Å². The fraction of sp³-hybridized carbons (Fsp3) is 0.385. The number of nitrogens with zero attached hydrogens (tertiary/aromatic N) is 2. The second-order valence-electron chi connectivity index (χ2n) is 4.08. The van der Waals surface area contributed by atoms with E-state index in [1.54, 1.807) is 12.1 Å². The fourth-order valence-electron chi connectivity index (χ4n) is 1.23. The number of ether oxygens (including phenoxy) is 1. The van der Waals surface area contributed by atoms with Crippen LogP contribution in [-0.4, -0.2) is 33.8 Å². The molecule has 0 aromatic carbocycles. The highest BCUT2D eigenvalue weighted by atomic mass is 16.5. The predicted molar refractivity (Wildman–Crippen MR) is 71.6 cm³/mol. The topological polar surface area (TPSA) is 115 Å². The van der Waals surface area contributed by atoms with Gasteiger partial charge in [-0.05, 0) is 31.9 Å². The first-order valence-electron chi connectivity index (χ1n) is 6.18. The third kappa shape index (κ3) is 5.47. The smallest absolute Gasteiger partial charge is 0.357 e. The first kappa shape index (κ1) is 15.6. The molecule has 2 rings (SSSR count). The lowest BCUT2D eigenvalue weighted by molar-refractivity contribution is -0.119. The normalized spacial score (nSPS) is 13.4. The van der Waals surface area contributed by atoms with Gasteiger partial charge in [0.15, 0.2) is 5.69 Å². The predicted octanol–water partition coefficient (Wildman–Crippen LogP) is 1.06. The zero-order valence-electron chi connectivity index (χ0n) is 11.2. The van der Waals surface area contributed by atoms with Crippen molar-refractivity contribution in [2.45, 2.75) is 19.8 Å². The minimum Gasteiger partial charge on any atom is -0.501 e. The summed E-state index contributed by atoms with van der Waals surface area (Å²) in [4.78, 5) is 20.7. The van der Waals surface area contributed by atoms with E-state index in [0.717, 1.165) is 12.8 Å². The van der Waals surface area contributed by atoms with E-state index in [1.165, 1.54) is 12.5 Å². The number of aromatic nitrogens is 2. The SMILES string of the molecule is CCOC=Cc1ccnnc1C(=O)O.NC(=O)C1CC1. The summed E-state index contributed by atoms with van der Waals surface area (Å²) in [7, 11) is 0. The third-order valence-electron chi connectivity index (χ3n) is 2.44. The molecule has 0 saturated heterocycles. The molecule has 1 saturated carbocycles. The van der Waals surface area contributed by atoms with Crippen LogP contribution in [0.2, 0.25) is 0 Å². The van der Waals surface area contributed by atoms with Crippen LogP contribution in [0.5, 0.6) is 0 Å². The maximum Gasteiger partial charge on any atom is 0.357 e. The summed E-state index contributed by atoms with van der Waals surface area (Å²) in [6.07, 6.45) is 6.45. The second kappa shape index (κ2) is 7.88. The Hall–Kier alpha value is -2.44. The van der Waals surface area contributed by atoms with Crippen LogP contribution in [-0.2, 0) is 9.53 Å². The largest absolute Gasteiger partial charge is 0.501 e. The molecule has 0 spiro atoms. The lowest BCUT2D eigenvalue weighted by atomic mass is 10.2. The van der Waals surface area contributed by atoms with E-state index < -0.39 is 5.97 Å². The first-order valence-corrected chi connectivity index (χ1v) is 6.18. The molecule has 0 unspecified atom stereocenters. The third-order valence-corrected chi connectivity index (χ3v) is 2.44. The molecule has 3 N–H and O–H groups in total. The van der Waals surface area contributed by atoms with Crippen LogP contribution >= 0.6 is 0 Å². The molecule has 1 aromatic rings. The number of carbonyl (C=O) groups is 2. The molecule has 0 atom stereocenters. The number of nitrogens with two attached hydrogens (primary N) is 1. The summed E-state index contributed by atoms with van der Waals surface area (Å²) in [5.41, 5.74) is 5.25. The maximum atomic E-state index is 10.7. The number of hydrogen-bond acceptors (Lipinski definition) is 5. The number of carbonyl (C=O) groups excluding carboxylic acids is 1. The minimum atomic E-state index is -1.10. The van der Waals surface area contributed by atoms with Crippen LogP contribution in [0.15, 0.2) is 18.5 Å². The van der Waals surface area contributed by atoms with Crippen molar-refractivity contribution < 1.29 is 19.4 Å². The van der Waals surface area contributed by atoms with Gasteiger partial charge in [-0.3, -0.25) is 4.79 Å². The molecule has 1 aliphatic rings. The van der Waals surface area contributed by atoms with Crippen LogP contribution in [0.3, 0.4) is 0 Å². The molecule has 1 aliphatic carbocycles. The molecule has 20 heavy (non-hydrogen) atoms. The number of primary amides is 1. The van der Waals surface area contributed by atoms with Gasteiger partial charge in [-0.15, -0.1) is 5.10 Å². The Kier molecular flexibility index (Phi) is 6.15. The molecule has 1 aromatic heterocycles. The lowest BCUT2D eigenvalue weighted by Gasteiger charge is -1.97. The number of rotatable bonds is 5. The number of aromatic carboxylic acids is 1. The molecule has 7 nitrogen and oxygen atoms in total. The quantitative estimate of drug-likeness (QED) is 0.779. The Morgan fingerprint density at radius 3 is 2.70 bits per heavy atom. The van der Waals surface area contributed by atoms with Crippen LogP contribution in [0.4, 0.5) is 0 Å². The van der Waals surface area contributed by atoms with Gasteiger partial charge < -0.3 is 15.6 Å². The first-order chi connectivity index (χ1) is 9.56. The lowest BCUT2D eigenvalue weighted by Crippen LogP contribution is -2.11. The van der Waals surface area contributed by atoms with Gasteiger partial charge in [0.25, 0.3) is 0 Å². The van der Waals surface area contributed by atoms with E-state index >= 15 is 0 Å². The Labute approximate surface area is 116 Å². The average molecular weight is 279 g/mol. The molecular weight excluding hydrogens is 262 g/mol. The summed E-state index contributed by atoms with van der Waals surface area (Å²) in [5.74, 6) is -0.991. The van der Waals surface area contributed by atoms with Gasteiger partial charge in [0.05, 0.1) is 19.1 Å². The van der Waals surface area contributed by atoms with Crippen molar-refractivity contribution in [3.05, 3.63) is 29.8 Å². The highest BCUT2D eigenvalue weighted by molar-refractivity contribution is 5.89. The summed E-state index contributed by atoms with van der Waals surface area (Å²) in [5, 5.41) is 15.7. The Morgan fingerprint density at radius 2 is 2.25 bits per heavy atom. The van der Waals surface area contributed by atoms with Gasteiger partial charge in [0.1, 0.15) is 0 Å². The van der Waals surface area contributed by atoms with E-state index in [1.807, 2.05) is 6.92 Å². The minimum absolute atomic E-state index is 0.0801. The van der Waals surface area contributed by atoms with E-state index in [9.17, 15) is 9.59 Å². The van der Waals surface area contributed by atoms with Gasteiger partial charge in [-0.25, -0.2) is 4.79 Å². The molecule has 1 amide bonds. The second-order valence-corrected chi connectivity index (χ2v) is 4.08. The van der Waals surface area contributed by atoms with Gasteiger partial charge in [0, 0.05) is 11.5 Å². The summed E-state index contributed by atoms with van der Waals surface area (Å²) >= 11 is 0. The van der Waals surface area contributed by atoms with E-state index in [2.05, 4.69) is 10.2 Å². The molecule has 0 bridgehead atoms. The zero-order valence-corrected chi connectivity index (χ0v) is 11.2. The Balaban J connectivity index is 0.000000276. The van der Waals surface area contributed by atoms with Crippen molar-refractivity contribution in [1.82, 2.24) is 10.2 Å². The van der Waals surface area contributed by atoms with Crippen molar-refractivity contribution in [3.63, 3.8) is 0 Å². The van der Waals surface area contributed by atoms with Crippen LogP contribution in [0, 0.1) is 5.92 Å². The van der Waals surface area contributed by atoms with Crippen molar-refractivity contribution >= 4 is 18.0 Å². The zero-order chi connectivity index (χ0) is 15.0. The monoisotopic (exact) mass is 279 g/mol. The Bertz CT molecular complexity index is 498. The van der Waals surface area contributed by atoms with Gasteiger partial charge in [-0.2, -0.15) is 5.10 Å². The van der Waals surface area contributed by atoms with Crippen LogP contribution in [0.1, 0.15) is 35.8 Å². The van der Waals surface area contributed by atoms with Gasteiger partial charge in [-0.1, -0.05) is 0 Å². The van der Waals surface area contributed by atoms with Crippen molar-refractivity contribution in [1.29, 1.82) is 0 Å². The average Bonchev–Trinajstić information content (AvgIpc) is 3.24. The molecule has 0 aliphatic heterocycles. The highest BCUT2D eigenvalue weighted by Crippen LogP contribution is 2.27.